The molecule has 0 aliphatic carbocycles. The molecule has 0 saturated carbocycles. The van der Waals surface area contributed by atoms with E-state index in [1.807, 2.05) is 43.9 Å². The normalized spacial score (nSPS) is 10.6. The van der Waals surface area contributed by atoms with Crippen molar-refractivity contribution >= 4 is 0 Å². The Balaban J connectivity index is 1.95. The van der Waals surface area contributed by atoms with E-state index in [-0.39, 0.29) is 0 Å². The van der Waals surface area contributed by atoms with E-state index in [0.29, 0.717) is 6.61 Å². The molecule has 0 bridgehead atoms. The molecule has 0 aliphatic heterocycles. The third-order valence-electron chi connectivity index (χ3n) is 2.64. The molecule has 2 aromatic rings. The lowest BCUT2D eigenvalue weighted by molar-refractivity contribution is 0.293. The van der Waals surface area contributed by atoms with E-state index < -0.39 is 0 Å². The van der Waals surface area contributed by atoms with Gasteiger partial charge in [0, 0.05) is 13.6 Å². The van der Waals surface area contributed by atoms with Crippen LogP contribution in [0.2, 0.25) is 0 Å². The zero-order valence-electron chi connectivity index (χ0n) is 11.0. The highest BCUT2D eigenvalue weighted by Crippen LogP contribution is 2.12. The molecule has 0 saturated heterocycles. The highest BCUT2D eigenvalue weighted by Gasteiger charge is 2.03. The predicted molar refractivity (Wildman–Crippen MR) is 69.3 cm³/mol. The summed E-state index contributed by atoms with van der Waals surface area (Å²) >= 11 is 0. The van der Waals surface area contributed by atoms with Crippen molar-refractivity contribution in [3.05, 3.63) is 41.5 Å². The number of hydrogen-bond acceptors (Lipinski definition) is 4. The van der Waals surface area contributed by atoms with Crippen LogP contribution in [0.25, 0.3) is 0 Å². The first-order chi connectivity index (χ1) is 8.69. The van der Waals surface area contributed by atoms with E-state index in [9.17, 15) is 0 Å². The number of aromatic nitrogens is 3. The molecule has 0 amide bonds. The first kappa shape index (κ1) is 12.6. The van der Waals surface area contributed by atoms with Gasteiger partial charge in [0.15, 0.2) is 0 Å². The first-order valence-corrected chi connectivity index (χ1v) is 5.91. The summed E-state index contributed by atoms with van der Waals surface area (Å²) < 4.78 is 7.51. The van der Waals surface area contributed by atoms with E-state index in [0.717, 1.165) is 29.4 Å². The number of nitrogens with zero attached hydrogens (tertiary/aromatic N) is 3. The van der Waals surface area contributed by atoms with Gasteiger partial charge in [-0.1, -0.05) is 0 Å². The van der Waals surface area contributed by atoms with Crippen LogP contribution in [0.1, 0.15) is 17.1 Å². The maximum Gasteiger partial charge on any atom is 0.138 e. The molecule has 0 atom stereocenters. The minimum atomic E-state index is 0.504. The molecule has 1 N–H and O–H groups in total. The summed E-state index contributed by atoms with van der Waals surface area (Å²) in [6.45, 7) is 3.24. The van der Waals surface area contributed by atoms with Crippen molar-refractivity contribution in [2.45, 2.75) is 20.1 Å². The first-order valence-electron chi connectivity index (χ1n) is 5.91. The van der Waals surface area contributed by atoms with Gasteiger partial charge >= 0.3 is 0 Å². The quantitative estimate of drug-likeness (QED) is 0.867. The minimum Gasteiger partial charge on any atom is -0.486 e. The van der Waals surface area contributed by atoms with Crippen LogP contribution < -0.4 is 10.1 Å². The van der Waals surface area contributed by atoms with Crippen molar-refractivity contribution in [2.24, 2.45) is 7.05 Å². The molecule has 0 fully saturated rings. The third-order valence-corrected chi connectivity index (χ3v) is 2.64. The maximum absolute atomic E-state index is 5.68. The summed E-state index contributed by atoms with van der Waals surface area (Å²) in [4.78, 5) is 4.30. The summed E-state index contributed by atoms with van der Waals surface area (Å²) in [5.74, 6) is 0.772. The van der Waals surface area contributed by atoms with Crippen molar-refractivity contribution in [2.75, 3.05) is 7.05 Å². The van der Waals surface area contributed by atoms with Gasteiger partial charge in [0.1, 0.15) is 12.4 Å². The molecule has 0 spiro atoms. The molecular formula is C13H18N4O. The number of ether oxygens (including phenoxy) is 1. The van der Waals surface area contributed by atoms with E-state index in [1.54, 1.807) is 6.20 Å². The summed E-state index contributed by atoms with van der Waals surface area (Å²) in [6, 6.07) is 5.91. The zero-order valence-corrected chi connectivity index (χ0v) is 11.0. The summed E-state index contributed by atoms with van der Waals surface area (Å²) in [6.07, 6.45) is 1.75. The second-order valence-corrected chi connectivity index (χ2v) is 4.20. The molecular weight excluding hydrogens is 228 g/mol. The average molecular weight is 246 g/mol. The van der Waals surface area contributed by atoms with Crippen LogP contribution in [0.15, 0.2) is 24.4 Å². The second-order valence-electron chi connectivity index (χ2n) is 4.20. The van der Waals surface area contributed by atoms with Gasteiger partial charge in [-0.2, -0.15) is 5.10 Å². The summed E-state index contributed by atoms with van der Waals surface area (Å²) in [7, 11) is 3.82. The van der Waals surface area contributed by atoms with Gasteiger partial charge in [-0.3, -0.25) is 9.67 Å². The van der Waals surface area contributed by atoms with E-state index >= 15 is 0 Å². The smallest absolute Gasteiger partial charge is 0.138 e. The molecule has 5 heteroatoms. The Bertz CT molecular complexity index is 504. The molecule has 0 aromatic carbocycles. The zero-order chi connectivity index (χ0) is 13.0. The molecule has 2 aromatic heterocycles. The highest BCUT2D eigenvalue weighted by atomic mass is 16.5. The number of hydrogen-bond donors (Lipinski definition) is 1. The number of pyridine rings is 1. The van der Waals surface area contributed by atoms with Crippen molar-refractivity contribution in [1.82, 2.24) is 20.1 Å². The standard InChI is InChI=1S/C13H18N4O/c1-10-6-12(17(3)16-10)9-18-13-5-4-11(7-14-2)15-8-13/h4-6,8,14H,7,9H2,1-3H3. The maximum atomic E-state index is 5.68. The predicted octanol–water partition coefficient (Wildman–Crippen LogP) is 1.42. The Labute approximate surface area is 107 Å². The fraction of sp³-hybridized carbons (Fsp3) is 0.385. The Morgan fingerprint density at radius 3 is 2.78 bits per heavy atom. The molecule has 0 aliphatic rings. The van der Waals surface area contributed by atoms with E-state index in [2.05, 4.69) is 15.4 Å². The largest absolute Gasteiger partial charge is 0.486 e. The molecule has 0 unspecified atom stereocenters. The summed E-state index contributed by atoms with van der Waals surface area (Å²) in [5.41, 5.74) is 3.05. The van der Waals surface area contributed by atoms with E-state index in [4.69, 9.17) is 4.74 Å². The van der Waals surface area contributed by atoms with Crippen LogP contribution in [-0.4, -0.2) is 21.8 Å². The van der Waals surface area contributed by atoms with E-state index in [1.165, 1.54) is 0 Å². The molecule has 2 heterocycles. The van der Waals surface area contributed by atoms with Crippen LogP contribution in [-0.2, 0) is 20.2 Å². The topological polar surface area (TPSA) is 52.0 Å². The van der Waals surface area contributed by atoms with Crippen molar-refractivity contribution < 1.29 is 4.74 Å². The van der Waals surface area contributed by atoms with Gasteiger partial charge in [-0.15, -0.1) is 0 Å². The average Bonchev–Trinajstić information content (AvgIpc) is 2.67. The van der Waals surface area contributed by atoms with Crippen LogP contribution in [0, 0.1) is 6.92 Å². The number of nitrogens with one attached hydrogen (secondary N) is 1. The minimum absolute atomic E-state index is 0.504. The fourth-order valence-corrected chi connectivity index (χ4v) is 1.74. The fourth-order valence-electron chi connectivity index (χ4n) is 1.74. The van der Waals surface area contributed by atoms with Gasteiger partial charge in [-0.05, 0) is 32.2 Å². The third kappa shape index (κ3) is 3.07. The highest BCUT2D eigenvalue weighted by molar-refractivity contribution is 5.20. The van der Waals surface area contributed by atoms with Crippen LogP contribution in [0.3, 0.4) is 0 Å². The Kier molecular flexibility index (Phi) is 3.94. The second kappa shape index (κ2) is 5.64. The van der Waals surface area contributed by atoms with Gasteiger partial charge in [0.25, 0.3) is 0 Å². The Hall–Kier alpha value is -1.88. The Morgan fingerprint density at radius 2 is 2.22 bits per heavy atom. The number of rotatable bonds is 5. The lowest BCUT2D eigenvalue weighted by Gasteiger charge is -2.06. The molecule has 5 nitrogen and oxygen atoms in total. The lowest BCUT2D eigenvalue weighted by atomic mass is 10.3. The van der Waals surface area contributed by atoms with Crippen molar-refractivity contribution in [3.8, 4) is 5.75 Å². The van der Waals surface area contributed by atoms with Gasteiger partial charge in [0.2, 0.25) is 0 Å². The van der Waals surface area contributed by atoms with Crippen molar-refractivity contribution in [3.63, 3.8) is 0 Å². The van der Waals surface area contributed by atoms with Crippen LogP contribution >= 0.6 is 0 Å². The van der Waals surface area contributed by atoms with Crippen LogP contribution in [0.4, 0.5) is 0 Å². The monoisotopic (exact) mass is 246 g/mol. The van der Waals surface area contributed by atoms with Gasteiger partial charge in [0.05, 0.1) is 23.3 Å². The van der Waals surface area contributed by atoms with Crippen LogP contribution in [0.5, 0.6) is 5.75 Å². The Morgan fingerprint density at radius 1 is 1.39 bits per heavy atom. The molecule has 0 radical (unpaired) electrons. The molecule has 2 rings (SSSR count). The summed E-state index contributed by atoms with van der Waals surface area (Å²) in [5, 5.41) is 7.33. The molecule has 96 valence electrons. The van der Waals surface area contributed by atoms with Crippen molar-refractivity contribution in [1.29, 1.82) is 0 Å². The molecule has 18 heavy (non-hydrogen) atoms. The lowest BCUT2D eigenvalue weighted by Crippen LogP contribution is -2.07. The van der Waals surface area contributed by atoms with Gasteiger partial charge < -0.3 is 10.1 Å². The van der Waals surface area contributed by atoms with Gasteiger partial charge in [-0.25, -0.2) is 0 Å². The number of aryl methyl sites for hydroxylation is 2. The SMILES string of the molecule is CNCc1ccc(OCc2cc(C)nn2C)cn1.